The zero-order chi connectivity index (χ0) is 18.4. The highest BCUT2D eigenvalue weighted by molar-refractivity contribution is 5.76. The van der Waals surface area contributed by atoms with Crippen molar-refractivity contribution in [3.05, 3.63) is 65.7 Å². The third-order valence-electron chi connectivity index (χ3n) is 4.28. The quantitative estimate of drug-likeness (QED) is 0.639. The van der Waals surface area contributed by atoms with Crippen LogP contribution in [0.25, 0.3) is 11.0 Å². The lowest BCUT2D eigenvalue weighted by Crippen LogP contribution is -2.37. The first-order chi connectivity index (χ1) is 12.6. The Bertz CT molecular complexity index is 890. The second-order valence-corrected chi connectivity index (χ2v) is 6.22. The van der Waals surface area contributed by atoms with Gasteiger partial charge in [0.05, 0.1) is 11.0 Å². The third-order valence-corrected chi connectivity index (χ3v) is 4.28. The van der Waals surface area contributed by atoms with Gasteiger partial charge in [0.25, 0.3) is 0 Å². The number of fused-ring (bicyclic) bond motifs is 1. The van der Waals surface area contributed by atoms with Crippen molar-refractivity contribution < 1.29 is 9.18 Å². The number of urea groups is 1. The van der Waals surface area contributed by atoms with Crippen molar-refractivity contribution in [2.75, 3.05) is 13.1 Å². The van der Waals surface area contributed by atoms with Gasteiger partial charge in [0.1, 0.15) is 11.6 Å². The number of halogens is 1. The first-order valence-corrected chi connectivity index (χ1v) is 8.81. The molecule has 1 heterocycles. The minimum Gasteiger partial charge on any atom is -0.338 e. The fraction of sp³-hybridized carbons (Fsp3) is 0.300. The standard InChI is InChI=1S/C20H23FN4O/c1-15-24-18-8-2-3-9-19(18)25(15)13-5-11-22-20(26)23-12-10-16-6-4-7-17(21)14-16/h2-4,6-9,14H,5,10-13H2,1H3,(H2,22,23,26). The predicted octanol–water partition coefficient (Wildman–Crippen LogP) is 3.42. The van der Waals surface area contributed by atoms with E-state index in [1.54, 1.807) is 6.07 Å². The summed E-state index contributed by atoms with van der Waals surface area (Å²) in [6.45, 7) is 3.85. The summed E-state index contributed by atoms with van der Waals surface area (Å²) < 4.78 is 15.3. The number of hydrogen-bond acceptors (Lipinski definition) is 2. The molecule has 3 aromatic rings. The maximum Gasteiger partial charge on any atom is 0.314 e. The van der Waals surface area contributed by atoms with Gasteiger partial charge in [-0.3, -0.25) is 0 Å². The second-order valence-electron chi connectivity index (χ2n) is 6.22. The first kappa shape index (κ1) is 17.9. The van der Waals surface area contributed by atoms with Crippen LogP contribution in [-0.2, 0) is 13.0 Å². The summed E-state index contributed by atoms with van der Waals surface area (Å²) in [5.74, 6) is 0.722. The normalized spacial score (nSPS) is 10.8. The molecule has 2 amide bonds. The lowest BCUT2D eigenvalue weighted by Gasteiger charge is -2.09. The van der Waals surface area contributed by atoms with Gasteiger partial charge < -0.3 is 15.2 Å². The molecule has 2 aromatic carbocycles. The fourth-order valence-corrected chi connectivity index (χ4v) is 2.99. The number of imidazole rings is 1. The highest BCUT2D eigenvalue weighted by Crippen LogP contribution is 2.15. The Morgan fingerprint density at radius 2 is 1.92 bits per heavy atom. The Morgan fingerprint density at radius 1 is 1.12 bits per heavy atom. The molecule has 0 spiro atoms. The summed E-state index contributed by atoms with van der Waals surface area (Å²) in [6, 6.07) is 14.3. The highest BCUT2D eigenvalue weighted by atomic mass is 19.1. The van der Waals surface area contributed by atoms with E-state index >= 15 is 0 Å². The SMILES string of the molecule is Cc1nc2ccccc2n1CCCNC(=O)NCCc1cccc(F)c1. The molecule has 2 N–H and O–H groups in total. The van der Waals surface area contributed by atoms with E-state index in [2.05, 4.69) is 26.3 Å². The molecule has 136 valence electrons. The van der Waals surface area contributed by atoms with E-state index in [4.69, 9.17) is 0 Å². The fourth-order valence-electron chi connectivity index (χ4n) is 2.99. The van der Waals surface area contributed by atoms with Crippen LogP contribution in [0.1, 0.15) is 17.8 Å². The predicted molar refractivity (Wildman–Crippen MR) is 101 cm³/mol. The average Bonchev–Trinajstić information content (AvgIpc) is 2.94. The number of benzene rings is 2. The van der Waals surface area contributed by atoms with Crippen LogP contribution in [0.2, 0.25) is 0 Å². The van der Waals surface area contributed by atoms with Crippen molar-refractivity contribution in [1.29, 1.82) is 0 Å². The summed E-state index contributed by atoms with van der Waals surface area (Å²) in [7, 11) is 0. The lowest BCUT2D eigenvalue weighted by molar-refractivity contribution is 0.240. The topological polar surface area (TPSA) is 59.0 Å². The molecule has 26 heavy (non-hydrogen) atoms. The van der Waals surface area contributed by atoms with Crippen molar-refractivity contribution in [1.82, 2.24) is 20.2 Å². The largest absolute Gasteiger partial charge is 0.338 e. The Hall–Kier alpha value is -2.89. The first-order valence-electron chi connectivity index (χ1n) is 8.81. The maximum atomic E-state index is 13.1. The van der Waals surface area contributed by atoms with Gasteiger partial charge in [-0.25, -0.2) is 14.2 Å². The van der Waals surface area contributed by atoms with Crippen LogP contribution in [0, 0.1) is 12.7 Å². The number of carbonyl (C=O) groups is 1. The summed E-state index contributed by atoms with van der Waals surface area (Å²) in [5, 5.41) is 5.65. The van der Waals surface area contributed by atoms with E-state index < -0.39 is 0 Å². The van der Waals surface area contributed by atoms with E-state index in [0.29, 0.717) is 19.5 Å². The lowest BCUT2D eigenvalue weighted by atomic mass is 10.1. The minimum absolute atomic E-state index is 0.200. The minimum atomic E-state index is -0.255. The number of nitrogens with one attached hydrogen (secondary N) is 2. The Morgan fingerprint density at radius 3 is 2.77 bits per heavy atom. The van der Waals surface area contributed by atoms with E-state index in [0.717, 1.165) is 35.4 Å². The molecule has 0 saturated heterocycles. The molecule has 0 aliphatic heterocycles. The molecule has 5 nitrogen and oxygen atoms in total. The van der Waals surface area contributed by atoms with Crippen LogP contribution < -0.4 is 10.6 Å². The molecule has 6 heteroatoms. The Kier molecular flexibility index (Phi) is 5.84. The molecular weight excluding hydrogens is 331 g/mol. The molecule has 0 saturated carbocycles. The van der Waals surface area contributed by atoms with Crippen LogP contribution in [0.3, 0.4) is 0 Å². The van der Waals surface area contributed by atoms with Crippen molar-refractivity contribution in [3.63, 3.8) is 0 Å². The number of aromatic nitrogens is 2. The van der Waals surface area contributed by atoms with Crippen molar-refractivity contribution >= 4 is 17.1 Å². The number of amides is 2. The molecule has 0 aliphatic carbocycles. The number of rotatable bonds is 7. The van der Waals surface area contributed by atoms with E-state index in [9.17, 15) is 9.18 Å². The van der Waals surface area contributed by atoms with Gasteiger partial charge in [0.2, 0.25) is 0 Å². The molecule has 3 rings (SSSR count). The number of aryl methyl sites for hydroxylation is 2. The summed E-state index contributed by atoms with van der Waals surface area (Å²) in [6.07, 6.45) is 1.42. The van der Waals surface area contributed by atoms with Gasteiger partial charge >= 0.3 is 6.03 Å². The average molecular weight is 354 g/mol. The zero-order valence-corrected chi connectivity index (χ0v) is 14.8. The molecule has 0 bridgehead atoms. The third kappa shape index (κ3) is 4.59. The zero-order valence-electron chi connectivity index (χ0n) is 14.8. The molecular formula is C20H23FN4O. The Balaban J connectivity index is 1.38. The van der Waals surface area contributed by atoms with Gasteiger partial charge in [-0.05, 0) is 49.6 Å². The number of nitrogens with zero attached hydrogens (tertiary/aromatic N) is 2. The van der Waals surface area contributed by atoms with Gasteiger partial charge in [-0.15, -0.1) is 0 Å². The summed E-state index contributed by atoms with van der Waals surface area (Å²) >= 11 is 0. The molecule has 0 radical (unpaired) electrons. The van der Waals surface area contributed by atoms with Crippen molar-refractivity contribution in [2.45, 2.75) is 26.3 Å². The van der Waals surface area contributed by atoms with E-state index in [1.807, 2.05) is 31.2 Å². The number of para-hydroxylation sites is 2. The van der Waals surface area contributed by atoms with Crippen molar-refractivity contribution in [2.24, 2.45) is 0 Å². The maximum absolute atomic E-state index is 13.1. The molecule has 1 aromatic heterocycles. The van der Waals surface area contributed by atoms with Crippen LogP contribution >= 0.6 is 0 Å². The second kappa shape index (κ2) is 8.47. The smallest absolute Gasteiger partial charge is 0.314 e. The van der Waals surface area contributed by atoms with Gasteiger partial charge in [-0.2, -0.15) is 0 Å². The Labute approximate surface area is 152 Å². The van der Waals surface area contributed by atoms with Gasteiger partial charge in [-0.1, -0.05) is 24.3 Å². The van der Waals surface area contributed by atoms with E-state index in [1.165, 1.54) is 12.1 Å². The number of hydrogen-bond donors (Lipinski definition) is 2. The highest BCUT2D eigenvalue weighted by Gasteiger charge is 2.06. The van der Waals surface area contributed by atoms with E-state index in [-0.39, 0.29) is 11.8 Å². The van der Waals surface area contributed by atoms with Gasteiger partial charge in [0, 0.05) is 19.6 Å². The number of carbonyl (C=O) groups excluding carboxylic acids is 1. The van der Waals surface area contributed by atoms with Crippen LogP contribution in [0.15, 0.2) is 48.5 Å². The molecule has 0 atom stereocenters. The van der Waals surface area contributed by atoms with Crippen LogP contribution in [0.5, 0.6) is 0 Å². The summed E-state index contributed by atoms with van der Waals surface area (Å²) in [4.78, 5) is 16.4. The molecule has 0 unspecified atom stereocenters. The monoisotopic (exact) mass is 354 g/mol. The molecule has 0 aliphatic rings. The summed E-state index contributed by atoms with van der Waals surface area (Å²) in [5.41, 5.74) is 2.98. The van der Waals surface area contributed by atoms with Crippen LogP contribution in [-0.4, -0.2) is 28.7 Å². The van der Waals surface area contributed by atoms with Crippen LogP contribution in [0.4, 0.5) is 9.18 Å². The molecule has 0 fully saturated rings. The van der Waals surface area contributed by atoms with Crippen molar-refractivity contribution in [3.8, 4) is 0 Å². The van der Waals surface area contributed by atoms with Gasteiger partial charge in [0.15, 0.2) is 0 Å².